The maximum absolute atomic E-state index is 13.1. The molecular formula is C26H31F2N3O3. The first-order chi connectivity index (χ1) is 16.3. The summed E-state index contributed by atoms with van der Waals surface area (Å²) in [6.45, 7) is 8.30. The monoisotopic (exact) mass is 471 g/mol. The molecule has 182 valence electrons. The van der Waals surface area contributed by atoms with Crippen LogP contribution in [0.1, 0.15) is 56.2 Å². The second-order valence-corrected chi connectivity index (χ2v) is 7.65. The first-order valence-electron chi connectivity index (χ1n) is 11.4. The SMILES string of the molecule is CC.CCC(C)N1CC(Cc2ccc(F)cc2)n2ncc(=O)c(O)c2C1=O.Fc1ccccc1. The number of aromatic nitrogens is 2. The van der Waals surface area contributed by atoms with E-state index in [1.165, 1.54) is 28.9 Å². The quantitative estimate of drug-likeness (QED) is 0.583. The number of hydrogen-bond donors (Lipinski definition) is 1. The lowest BCUT2D eigenvalue weighted by Crippen LogP contribution is -2.49. The normalized spacial score (nSPS) is 15.3. The minimum Gasteiger partial charge on any atom is -0.502 e. The van der Waals surface area contributed by atoms with Gasteiger partial charge in [-0.3, -0.25) is 14.3 Å². The van der Waals surface area contributed by atoms with Crippen molar-refractivity contribution in [2.75, 3.05) is 6.54 Å². The zero-order valence-corrected chi connectivity index (χ0v) is 19.9. The van der Waals surface area contributed by atoms with Gasteiger partial charge in [-0.15, -0.1) is 0 Å². The highest BCUT2D eigenvalue weighted by molar-refractivity contribution is 5.95. The molecule has 2 aromatic carbocycles. The molecule has 0 saturated carbocycles. The van der Waals surface area contributed by atoms with Gasteiger partial charge in [0.1, 0.15) is 11.6 Å². The molecule has 0 radical (unpaired) electrons. The molecule has 6 nitrogen and oxygen atoms in total. The Morgan fingerprint density at radius 3 is 2.15 bits per heavy atom. The summed E-state index contributed by atoms with van der Waals surface area (Å²) >= 11 is 0. The van der Waals surface area contributed by atoms with Crippen LogP contribution >= 0.6 is 0 Å². The Morgan fingerprint density at radius 1 is 1.03 bits per heavy atom. The Balaban J connectivity index is 0.000000384. The molecule has 8 heteroatoms. The van der Waals surface area contributed by atoms with Crippen LogP contribution in [0.5, 0.6) is 5.75 Å². The first-order valence-corrected chi connectivity index (χ1v) is 11.4. The van der Waals surface area contributed by atoms with Gasteiger partial charge in [0.05, 0.1) is 12.2 Å². The van der Waals surface area contributed by atoms with E-state index in [0.29, 0.717) is 13.0 Å². The van der Waals surface area contributed by atoms with Crippen molar-refractivity contribution >= 4 is 5.91 Å². The van der Waals surface area contributed by atoms with Crippen LogP contribution in [0.25, 0.3) is 0 Å². The zero-order chi connectivity index (χ0) is 25.3. The first kappa shape index (κ1) is 26.7. The van der Waals surface area contributed by atoms with E-state index in [1.807, 2.05) is 27.7 Å². The molecule has 4 rings (SSSR count). The van der Waals surface area contributed by atoms with Crippen LogP contribution in [0, 0.1) is 11.6 Å². The number of nitrogens with zero attached hydrogens (tertiary/aromatic N) is 3. The Bertz CT molecular complexity index is 1120. The summed E-state index contributed by atoms with van der Waals surface area (Å²) in [5, 5.41) is 14.2. The molecule has 1 amide bonds. The second-order valence-electron chi connectivity index (χ2n) is 7.65. The molecule has 1 N–H and O–H groups in total. The van der Waals surface area contributed by atoms with Gasteiger partial charge in [-0.1, -0.05) is 51.1 Å². The summed E-state index contributed by atoms with van der Waals surface area (Å²) in [4.78, 5) is 26.2. The molecule has 1 aliphatic rings. The lowest BCUT2D eigenvalue weighted by Gasteiger charge is -2.38. The predicted molar refractivity (Wildman–Crippen MR) is 128 cm³/mol. The van der Waals surface area contributed by atoms with Crippen molar-refractivity contribution in [3.05, 3.63) is 93.9 Å². The smallest absolute Gasteiger partial charge is 0.276 e. The van der Waals surface area contributed by atoms with E-state index in [-0.39, 0.29) is 29.4 Å². The Labute approximate surface area is 198 Å². The van der Waals surface area contributed by atoms with Gasteiger partial charge in [0, 0.05) is 12.6 Å². The van der Waals surface area contributed by atoms with Gasteiger partial charge >= 0.3 is 0 Å². The lowest BCUT2D eigenvalue weighted by atomic mass is 10.0. The number of benzene rings is 2. The van der Waals surface area contributed by atoms with Crippen molar-refractivity contribution < 1.29 is 18.7 Å². The second kappa shape index (κ2) is 12.6. The maximum Gasteiger partial charge on any atom is 0.276 e. The average molecular weight is 472 g/mol. The number of hydrogen-bond acceptors (Lipinski definition) is 4. The largest absolute Gasteiger partial charge is 0.502 e. The summed E-state index contributed by atoms with van der Waals surface area (Å²) in [5.74, 6) is -1.46. The highest BCUT2D eigenvalue weighted by atomic mass is 19.1. The molecular weight excluding hydrogens is 440 g/mol. The van der Waals surface area contributed by atoms with Crippen LogP contribution in [-0.4, -0.2) is 38.3 Å². The number of amides is 1. The number of fused-ring (bicyclic) bond motifs is 1. The van der Waals surface area contributed by atoms with Gasteiger partial charge in [0.2, 0.25) is 5.43 Å². The highest BCUT2D eigenvalue weighted by Gasteiger charge is 2.36. The molecule has 1 aromatic heterocycles. The summed E-state index contributed by atoms with van der Waals surface area (Å²) in [6.07, 6.45) is 2.27. The summed E-state index contributed by atoms with van der Waals surface area (Å²) in [5.41, 5.74) is 0.132. The minimum atomic E-state index is -0.675. The predicted octanol–water partition coefficient (Wildman–Crippen LogP) is 4.98. The number of halogens is 2. The number of carbonyl (C=O) groups is 1. The summed E-state index contributed by atoms with van der Waals surface area (Å²) in [6, 6.07) is 13.8. The molecule has 1 aliphatic heterocycles. The molecule has 2 heterocycles. The maximum atomic E-state index is 13.1. The van der Waals surface area contributed by atoms with Crippen molar-refractivity contribution in [2.45, 2.75) is 52.6 Å². The Hall–Kier alpha value is -3.55. The van der Waals surface area contributed by atoms with E-state index in [4.69, 9.17) is 0 Å². The van der Waals surface area contributed by atoms with Crippen molar-refractivity contribution in [3.63, 3.8) is 0 Å². The third-order valence-electron chi connectivity index (χ3n) is 5.44. The van der Waals surface area contributed by atoms with Crippen LogP contribution in [0.15, 0.2) is 65.6 Å². The van der Waals surface area contributed by atoms with Gasteiger partial charge in [0.15, 0.2) is 11.4 Å². The van der Waals surface area contributed by atoms with Crippen LogP contribution in [0.4, 0.5) is 8.78 Å². The van der Waals surface area contributed by atoms with E-state index in [2.05, 4.69) is 5.10 Å². The van der Waals surface area contributed by atoms with Crippen molar-refractivity contribution in [1.29, 1.82) is 0 Å². The highest BCUT2D eigenvalue weighted by Crippen LogP contribution is 2.28. The lowest BCUT2D eigenvalue weighted by molar-refractivity contribution is 0.0560. The molecule has 3 aromatic rings. The van der Waals surface area contributed by atoms with Gasteiger partial charge < -0.3 is 10.0 Å². The van der Waals surface area contributed by atoms with Crippen LogP contribution in [0.2, 0.25) is 0 Å². The molecule has 0 bridgehead atoms. The fourth-order valence-corrected chi connectivity index (χ4v) is 3.52. The number of carbonyl (C=O) groups excluding carboxylic acids is 1. The van der Waals surface area contributed by atoms with Crippen molar-refractivity contribution in [2.24, 2.45) is 0 Å². The third-order valence-corrected chi connectivity index (χ3v) is 5.44. The van der Waals surface area contributed by atoms with Crippen LogP contribution in [-0.2, 0) is 6.42 Å². The van der Waals surface area contributed by atoms with Gasteiger partial charge in [0.25, 0.3) is 5.91 Å². The minimum absolute atomic E-state index is 0.0355. The van der Waals surface area contributed by atoms with Crippen LogP contribution < -0.4 is 5.43 Å². The van der Waals surface area contributed by atoms with Crippen molar-refractivity contribution in [3.8, 4) is 5.75 Å². The molecule has 34 heavy (non-hydrogen) atoms. The molecule has 0 saturated heterocycles. The van der Waals surface area contributed by atoms with E-state index < -0.39 is 17.1 Å². The van der Waals surface area contributed by atoms with Gasteiger partial charge in [-0.25, -0.2) is 8.78 Å². The van der Waals surface area contributed by atoms with E-state index >= 15 is 0 Å². The molecule has 0 aliphatic carbocycles. The fraction of sp³-hybridized carbons (Fsp3) is 0.346. The van der Waals surface area contributed by atoms with E-state index in [1.54, 1.807) is 35.2 Å². The molecule has 2 unspecified atom stereocenters. The molecule has 0 fully saturated rings. The Kier molecular flexibility index (Phi) is 9.92. The van der Waals surface area contributed by atoms with Gasteiger partial charge in [-0.2, -0.15) is 5.10 Å². The molecule has 0 spiro atoms. The third kappa shape index (κ3) is 6.50. The topological polar surface area (TPSA) is 75.4 Å². The zero-order valence-electron chi connectivity index (χ0n) is 19.9. The van der Waals surface area contributed by atoms with E-state index in [0.717, 1.165) is 18.2 Å². The summed E-state index contributed by atoms with van der Waals surface area (Å²) in [7, 11) is 0. The standard InChI is InChI=1S/C18H20FN3O3.C6H5F.C2H6/c1-3-11(2)21-10-14(8-12-4-6-13(19)7-5-12)22-16(18(21)25)17(24)15(23)9-20-22;7-6-4-2-1-3-5-6;1-2/h4-7,9,11,14,24H,3,8,10H2,1-2H3;1-5H;1-2H3. The molecule has 2 atom stereocenters. The fourth-order valence-electron chi connectivity index (χ4n) is 3.52. The Morgan fingerprint density at radius 2 is 1.62 bits per heavy atom. The number of aromatic hydroxyl groups is 1. The van der Waals surface area contributed by atoms with Gasteiger partial charge in [-0.05, 0) is 49.6 Å². The average Bonchev–Trinajstić information content (AvgIpc) is 2.85. The number of rotatable bonds is 4. The summed E-state index contributed by atoms with van der Waals surface area (Å²) < 4.78 is 26.5. The van der Waals surface area contributed by atoms with Crippen LogP contribution in [0.3, 0.4) is 0 Å². The van der Waals surface area contributed by atoms with Crippen molar-refractivity contribution in [1.82, 2.24) is 14.7 Å². The van der Waals surface area contributed by atoms with E-state index in [9.17, 15) is 23.5 Å².